The molecule has 0 amide bonds. The quantitative estimate of drug-likeness (QED) is 0.709. The van der Waals surface area contributed by atoms with Crippen LogP contribution >= 0.6 is 0 Å². The lowest BCUT2D eigenvalue weighted by Crippen LogP contribution is -2.66. The number of aromatic hydroxyl groups is 1. The third kappa shape index (κ3) is 2.55. The van der Waals surface area contributed by atoms with E-state index in [0.29, 0.717) is 17.5 Å². The molecule has 2 aliphatic rings. The van der Waals surface area contributed by atoms with E-state index in [-0.39, 0.29) is 23.9 Å². The number of fused-ring (bicyclic) bond motifs is 3. The zero-order chi connectivity index (χ0) is 21.2. The van der Waals surface area contributed by atoms with E-state index in [4.69, 9.17) is 0 Å². The van der Waals surface area contributed by atoms with E-state index in [1.54, 1.807) is 19.1 Å². The highest BCUT2D eigenvalue weighted by atomic mass is 16.4. The van der Waals surface area contributed by atoms with Crippen LogP contribution in [0.5, 0.6) is 5.75 Å². The molecule has 0 bridgehead atoms. The van der Waals surface area contributed by atoms with Crippen LogP contribution in [-0.2, 0) is 11.0 Å². The fourth-order valence-corrected chi connectivity index (χ4v) is 6.19. The van der Waals surface area contributed by atoms with Crippen molar-refractivity contribution in [2.75, 3.05) is 0 Å². The molecule has 0 aromatic heterocycles. The number of carbonyl (C=O) groups excluding carboxylic acids is 1. The minimum atomic E-state index is -1.45. The van der Waals surface area contributed by atoms with Gasteiger partial charge in [0, 0.05) is 16.4 Å². The van der Waals surface area contributed by atoms with Crippen LogP contribution in [0, 0.1) is 11.3 Å². The van der Waals surface area contributed by atoms with E-state index < -0.39 is 22.0 Å². The van der Waals surface area contributed by atoms with Crippen molar-refractivity contribution in [2.24, 2.45) is 11.3 Å². The molecule has 0 unspecified atom stereocenters. The number of benzene rings is 2. The fraction of sp³-hybridized carbons (Fsp3) is 0.480. The number of ketones is 1. The molecular formula is C25H30O4. The molecule has 0 aliphatic heterocycles. The van der Waals surface area contributed by atoms with Gasteiger partial charge >= 0.3 is 0 Å². The number of rotatable bonds is 2. The summed E-state index contributed by atoms with van der Waals surface area (Å²) in [5.74, 6) is -0.106. The Morgan fingerprint density at radius 1 is 1.03 bits per heavy atom. The molecular weight excluding hydrogens is 364 g/mol. The van der Waals surface area contributed by atoms with Gasteiger partial charge in [-0.25, -0.2) is 0 Å². The second kappa shape index (κ2) is 6.16. The maximum atomic E-state index is 13.5. The Labute approximate surface area is 172 Å². The van der Waals surface area contributed by atoms with Crippen molar-refractivity contribution in [3.05, 3.63) is 65.2 Å². The zero-order valence-corrected chi connectivity index (χ0v) is 17.6. The number of carbonyl (C=O) groups is 1. The van der Waals surface area contributed by atoms with E-state index in [9.17, 15) is 20.1 Å². The lowest BCUT2D eigenvalue weighted by Gasteiger charge is -2.62. The summed E-state index contributed by atoms with van der Waals surface area (Å²) in [6.07, 6.45) is 1.35. The largest absolute Gasteiger partial charge is 0.508 e. The smallest absolute Gasteiger partial charge is 0.169 e. The highest BCUT2D eigenvalue weighted by Crippen LogP contribution is 2.64. The summed E-state index contributed by atoms with van der Waals surface area (Å²) < 4.78 is 0. The second-order valence-corrected chi connectivity index (χ2v) is 9.72. The van der Waals surface area contributed by atoms with Gasteiger partial charge in [0.15, 0.2) is 5.78 Å². The summed E-state index contributed by atoms with van der Waals surface area (Å²) in [5, 5.41) is 33.5. The third-order valence-corrected chi connectivity index (χ3v) is 7.84. The predicted molar refractivity (Wildman–Crippen MR) is 112 cm³/mol. The maximum Gasteiger partial charge on any atom is 0.169 e. The molecule has 3 N–H and O–H groups in total. The van der Waals surface area contributed by atoms with Crippen LogP contribution in [0.2, 0.25) is 0 Å². The Morgan fingerprint density at radius 2 is 1.69 bits per heavy atom. The van der Waals surface area contributed by atoms with Gasteiger partial charge in [-0.3, -0.25) is 4.79 Å². The van der Waals surface area contributed by atoms with Crippen LogP contribution in [0.25, 0.3) is 0 Å². The van der Waals surface area contributed by atoms with Gasteiger partial charge in [-0.15, -0.1) is 0 Å². The Hall–Kier alpha value is -2.17. The monoisotopic (exact) mass is 394 g/mol. The summed E-state index contributed by atoms with van der Waals surface area (Å²) in [6, 6.07) is 14.3. The van der Waals surface area contributed by atoms with Gasteiger partial charge in [-0.05, 0) is 55.4 Å². The van der Waals surface area contributed by atoms with Gasteiger partial charge in [0.25, 0.3) is 0 Å². The molecule has 0 spiro atoms. The number of hydrogen-bond acceptors (Lipinski definition) is 4. The first-order valence-corrected chi connectivity index (χ1v) is 10.4. The van der Waals surface area contributed by atoms with Crippen molar-refractivity contribution in [1.29, 1.82) is 0 Å². The first-order valence-electron chi connectivity index (χ1n) is 10.4. The molecule has 4 rings (SSSR count). The number of phenols is 1. The maximum absolute atomic E-state index is 13.5. The van der Waals surface area contributed by atoms with Crippen LogP contribution in [0.4, 0.5) is 0 Å². The van der Waals surface area contributed by atoms with Gasteiger partial charge in [-0.2, -0.15) is 0 Å². The van der Waals surface area contributed by atoms with Crippen molar-refractivity contribution < 1.29 is 20.1 Å². The van der Waals surface area contributed by atoms with Crippen molar-refractivity contribution in [3.63, 3.8) is 0 Å². The van der Waals surface area contributed by atoms with E-state index in [1.165, 1.54) is 0 Å². The molecule has 2 aromatic rings. The number of hydrogen-bond donors (Lipinski definition) is 3. The molecule has 0 radical (unpaired) electrons. The van der Waals surface area contributed by atoms with Gasteiger partial charge in [0.1, 0.15) is 11.4 Å². The highest BCUT2D eigenvalue weighted by Gasteiger charge is 2.66. The van der Waals surface area contributed by atoms with Crippen LogP contribution < -0.4 is 0 Å². The van der Waals surface area contributed by atoms with Crippen LogP contribution in [0.15, 0.2) is 48.5 Å². The van der Waals surface area contributed by atoms with Gasteiger partial charge in [0.05, 0.1) is 5.60 Å². The molecule has 4 heteroatoms. The van der Waals surface area contributed by atoms with Gasteiger partial charge < -0.3 is 15.3 Å². The Morgan fingerprint density at radius 3 is 2.31 bits per heavy atom. The number of Topliss-reactive ketones (excluding diaryl/α,β-unsaturated/α-hetero) is 1. The molecule has 154 valence electrons. The van der Waals surface area contributed by atoms with Crippen LogP contribution in [0.3, 0.4) is 0 Å². The molecule has 2 aliphatic carbocycles. The molecule has 1 saturated carbocycles. The van der Waals surface area contributed by atoms with Crippen molar-refractivity contribution in [1.82, 2.24) is 0 Å². The second-order valence-electron chi connectivity index (χ2n) is 9.72. The summed E-state index contributed by atoms with van der Waals surface area (Å²) in [4.78, 5) is 13.5. The molecule has 29 heavy (non-hydrogen) atoms. The van der Waals surface area contributed by atoms with Gasteiger partial charge in [0.2, 0.25) is 0 Å². The SMILES string of the molecule is CC[C@@]12C[C@@](C)(O)[C@](O)(c3ccccc3)C[C@@H]1C(C)(C)C(=O)c1cc(O)ccc12. The topological polar surface area (TPSA) is 77.8 Å². The normalized spacial score (nSPS) is 35.7. The predicted octanol–water partition coefficient (Wildman–Crippen LogP) is 4.31. The molecule has 4 atom stereocenters. The lowest BCUT2D eigenvalue weighted by atomic mass is 9.43. The minimum Gasteiger partial charge on any atom is -0.508 e. The van der Waals surface area contributed by atoms with Crippen molar-refractivity contribution >= 4 is 5.78 Å². The number of aliphatic hydroxyl groups is 2. The van der Waals surface area contributed by atoms with Crippen LogP contribution in [-0.4, -0.2) is 26.7 Å². The molecule has 0 heterocycles. The Kier molecular flexibility index (Phi) is 4.28. The van der Waals surface area contributed by atoms with Crippen molar-refractivity contribution in [3.8, 4) is 5.75 Å². The highest BCUT2D eigenvalue weighted by molar-refractivity contribution is 6.03. The Bertz CT molecular complexity index is 962. The standard InChI is InChI=1S/C25H30O4/c1-5-24-15-23(4,28)25(29,16-9-7-6-8-10-16)14-20(24)22(2,3)21(27)18-13-17(26)11-12-19(18)24/h6-13,20,26,28-29H,5,14-15H2,1-4H3/t20-,23-,24+,25-/m1/s1. The van der Waals surface area contributed by atoms with Crippen molar-refractivity contribution in [2.45, 2.75) is 63.6 Å². The van der Waals surface area contributed by atoms with Crippen LogP contribution in [0.1, 0.15) is 68.4 Å². The van der Waals surface area contributed by atoms with E-state index in [1.807, 2.05) is 50.2 Å². The fourth-order valence-electron chi connectivity index (χ4n) is 6.19. The zero-order valence-electron chi connectivity index (χ0n) is 17.6. The minimum absolute atomic E-state index is 0.0190. The average molecular weight is 395 g/mol. The molecule has 2 aromatic carbocycles. The first kappa shape index (κ1) is 20.1. The van der Waals surface area contributed by atoms with E-state index in [2.05, 4.69) is 6.92 Å². The average Bonchev–Trinajstić information content (AvgIpc) is 2.68. The third-order valence-electron chi connectivity index (χ3n) is 7.84. The summed E-state index contributed by atoms with van der Waals surface area (Å²) in [6.45, 7) is 7.65. The lowest BCUT2D eigenvalue weighted by molar-refractivity contribution is -0.213. The van der Waals surface area contributed by atoms with Gasteiger partial charge in [-0.1, -0.05) is 57.2 Å². The van der Waals surface area contributed by atoms with E-state index in [0.717, 1.165) is 12.0 Å². The molecule has 4 nitrogen and oxygen atoms in total. The molecule has 1 fully saturated rings. The molecule has 0 saturated heterocycles. The summed E-state index contributed by atoms with van der Waals surface area (Å²) in [7, 11) is 0. The number of phenolic OH excluding ortho intramolecular Hbond substituents is 1. The summed E-state index contributed by atoms with van der Waals surface area (Å²) >= 11 is 0. The first-order chi connectivity index (χ1) is 13.5. The summed E-state index contributed by atoms with van der Waals surface area (Å²) in [5.41, 5.74) is -1.96. The van der Waals surface area contributed by atoms with E-state index >= 15 is 0 Å². The Balaban J connectivity index is 1.97.